The summed E-state index contributed by atoms with van der Waals surface area (Å²) in [7, 11) is 1.80. The molecule has 1 aliphatic rings. The maximum atomic E-state index is 11.1. The molecule has 1 fully saturated rings. The fourth-order valence-corrected chi connectivity index (χ4v) is 2.48. The predicted octanol–water partition coefficient (Wildman–Crippen LogP) is 0.644. The highest BCUT2D eigenvalue weighted by atomic mass is 16.4. The lowest BCUT2D eigenvalue weighted by atomic mass is 10.2. The Morgan fingerprint density at radius 3 is 2.53 bits per heavy atom. The highest BCUT2D eigenvalue weighted by Gasteiger charge is 2.22. The van der Waals surface area contributed by atoms with Crippen LogP contribution >= 0.6 is 0 Å². The summed E-state index contributed by atoms with van der Waals surface area (Å²) in [6.45, 7) is 9.10. The molecule has 1 saturated heterocycles. The monoisotopic (exact) mass is 266 g/mol. The molecule has 0 radical (unpaired) electrons. The average Bonchev–Trinajstić information content (AvgIpc) is 2.72. The van der Waals surface area contributed by atoms with E-state index in [9.17, 15) is 4.79 Å². The van der Waals surface area contributed by atoms with Crippen LogP contribution in [0.3, 0.4) is 0 Å². The van der Waals surface area contributed by atoms with Crippen LogP contribution in [0.4, 0.5) is 0 Å². The Morgan fingerprint density at radius 2 is 2.00 bits per heavy atom. The molecule has 1 aliphatic heterocycles. The molecule has 1 aromatic rings. The minimum atomic E-state index is -0.899. The molecule has 2 rings (SSSR count). The van der Waals surface area contributed by atoms with Gasteiger partial charge in [-0.05, 0) is 13.8 Å². The average molecular weight is 266 g/mol. The molecule has 6 heteroatoms. The topological polar surface area (TPSA) is 61.6 Å². The number of piperazine rings is 1. The predicted molar refractivity (Wildman–Crippen MR) is 72.2 cm³/mol. The largest absolute Gasteiger partial charge is 0.478 e. The third-order valence-electron chi connectivity index (χ3n) is 3.80. The van der Waals surface area contributed by atoms with Gasteiger partial charge in [-0.1, -0.05) is 0 Å². The van der Waals surface area contributed by atoms with E-state index in [2.05, 4.69) is 28.7 Å². The number of aryl methyl sites for hydroxylation is 1. The van der Waals surface area contributed by atoms with Crippen molar-refractivity contribution in [3.8, 4) is 0 Å². The number of carbonyl (C=O) groups is 1. The Hall–Kier alpha value is -1.40. The van der Waals surface area contributed by atoms with Crippen LogP contribution in [0.5, 0.6) is 0 Å². The molecule has 0 atom stereocenters. The molecular weight excluding hydrogens is 244 g/mol. The highest BCUT2D eigenvalue weighted by Crippen LogP contribution is 2.13. The molecule has 0 amide bonds. The van der Waals surface area contributed by atoms with Crippen molar-refractivity contribution < 1.29 is 9.90 Å². The molecule has 0 aromatic carbocycles. The van der Waals surface area contributed by atoms with Crippen LogP contribution in [0.25, 0.3) is 0 Å². The molecule has 0 unspecified atom stereocenters. The second-order valence-electron chi connectivity index (χ2n) is 5.34. The van der Waals surface area contributed by atoms with Gasteiger partial charge in [-0.15, -0.1) is 0 Å². The number of rotatable bonds is 4. The van der Waals surface area contributed by atoms with Gasteiger partial charge < -0.3 is 5.11 Å². The van der Waals surface area contributed by atoms with Crippen LogP contribution < -0.4 is 0 Å². The Bertz CT molecular complexity index is 447. The fourth-order valence-electron chi connectivity index (χ4n) is 2.48. The summed E-state index contributed by atoms with van der Waals surface area (Å²) in [5.41, 5.74) is 1.10. The van der Waals surface area contributed by atoms with E-state index in [-0.39, 0.29) is 0 Å². The van der Waals surface area contributed by atoms with E-state index in [1.165, 1.54) is 6.20 Å². The summed E-state index contributed by atoms with van der Waals surface area (Å²) in [5.74, 6) is -0.899. The van der Waals surface area contributed by atoms with Crippen molar-refractivity contribution >= 4 is 5.97 Å². The van der Waals surface area contributed by atoms with Gasteiger partial charge in [0.1, 0.15) is 5.56 Å². The normalized spacial score (nSPS) is 18.1. The summed E-state index contributed by atoms with van der Waals surface area (Å²) in [5, 5.41) is 13.2. The number of nitrogens with zero attached hydrogens (tertiary/aromatic N) is 4. The van der Waals surface area contributed by atoms with Crippen LogP contribution in [-0.2, 0) is 13.6 Å². The Morgan fingerprint density at radius 1 is 1.37 bits per heavy atom. The van der Waals surface area contributed by atoms with Gasteiger partial charge in [0, 0.05) is 45.8 Å². The van der Waals surface area contributed by atoms with E-state index >= 15 is 0 Å². The molecule has 6 nitrogen and oxygen atoms in total. The third-order valence-corrected chi connectivity index (χ3v) is 3.80. The summed E-state index contributed by atoms with van der Waals surface area (Å²) >= 11 is 0. The van der Waals surface area contributed by atoms with Crippen molar-refractivity contribution in [3.63, 3.8) is 0 Å². The van der Waals surface area contributed by atoms with Crippen molar-refractivity contribution in [2.24, 2.45) is 7.05 Å². The fraction of sp³-hybridized carbons (Fsp3) is 0.692. The van der Waals surface area contributed by atoms with E-state index in [0.717, 1.165) is 31.9 Å². The molecule has 0 bridgehead atoms. The van der Waals surface area contributed by atoms with Gasteiger partial charge in [0.25, 0.3) is 0 Å². The third kappa shape index (κ3) is 3.13. The zero-order chi connectivity index (χ0) is 14.0. The standard InChI is InChI=1S/C13H22N4O2/c1-10(2)17-6-4-16(5-7-17)9-12-11(13(18)19)8-14-15(12)3/h8,10H,4-7,9H2,1-3H3,(H,18,19). The summed E-state index contributed by atoms with van der Waals surface area (Å²) < 4.78 is 1.66. The Labute approximate surface area is 113 Å². The molecular formula is C13H22N4O2. The minimum absolute atomic E-state index is 0.314. The summed E-state index contributed by atoms with van der Waals surface area (Å²) in [4.78, 5) is 15.9. The van der Waals surface area contributed by atoms with E-state index in [0.29, 0.717) is 18.2 Å². The zero-order valence-corrected chi connectivity index (χ0v) is 11.8. The first kappa shape index (κ1) is 14.0. The number of hydrogen-bond donors (Lipinski definition) is 1. The Balaban J connectivity index is 1.99. The van der Waals surface area contributed by atoms with Gasteiger partial charge in [-0.3, -0.25) is 14.5 Å². The van der Waals surface area contributed by atoms with E-state index in [4.69, 9.17) is 5.11 Å². The lowest BCUT2D eigenvalue weighted by molar-refractivity contribution is 0.0691. The molecule has 0 spiro atoms. The van der Waals surface area contributed by atoms with Crippen LogP contribution in [-0.4, -0.2) is 62.9 Å². The molecule has 1 aromatic heterocycles. The van der Waals surface area contributed by atoms with Crippen molar-refractivity contribution in [1.82, 2.24) is 19.6 Å². The van der Waals surface area contributed by atoms with Gasteiger partial charge in [-0.2, -0.15) is 5.10 Å². The van der Waals surface area contributed by atoms with Crippen LogP contribution in [0.2, 0.25) is 0 Å². The quantitative estimate of drug-likeness (QED) is 0.867. The van der Waals surface area contributed by atoms with Crippen molar-refractivity contribution in [2.75, 3.05) is 26.2 Å². The van der Waals surface area contributed by atoms with Gasteiger partial charge in [0.05, 0.1) is 11.9 Å². The molecule has 19 heavy (non-hydrogen) atoms. The SMILES string of the molecule is CC(C)N1CCN(Cc2c(C(=O)O)cnn2C)CC1. The maximum Gasteiger partial charge on any atom is 0.339 e. The van der Waals surface area contributed by atoms with Gasteiger partial charge in [-0.25, -0.2) is 4.79 Å². The minimum Gasteiger partial charge on any atom is -0.478 e. The van der Waals surface area contributed by atoms with Crippen molar-refractivity contribution in [1.29, 1.82) is 0 Å². The summed E-state index contributed by atoms with van der Waals surface area (Å²) in [6, 6.07) is 0.577. The first-order chi connectivity index (χ1) is 8.99. The lowest BCUT2D eigenvalue weighted by Gasteiger charge is -2.36. The molecule has 106 valence electrons. The molecule has 0 aliphatic carbocycles. The first-order valence-electron chi connectivity index (χ1n) is 6.69. The molecule has 0 saturated carbocycles. The van der Waals surface area contributed by atoms with Crippen molar-refractivity contribution in [3.05, 3.63) is 17.5 Å². The molecule has 1 N–H and O–H groups in total. The zero-order valence-electron chi connectivity index (χ0n) is 11.8. The number of aromatic carboxylic acids is 1. The van der Waals surface area contributed by atoms with Gasteiger partial charge in [0.15, 0.2) is 0 Å². The second kappa shape index (κ2) is 5.71. The van der Waals surface area contributed by atoms with Crippen molar-refractivity contribution in [2.45, 2.75) is 26.4 Å². The van der Waals surface area contributed by atoms with E-state index in [1.54, 1.807) is 11.7 Å². The second-order valence-corrected chi connectivity index (χ2v) is 5.34. The summed E-state index contributed by atoms with van der Waals surface area (Å²) in [6.07, 6.45) is 1.43. The van der Waals surface area contributed by atoms with E-state index < -0.39 is 5.97 Å². The van der Waals surface area contributed by atoms with E-state index in [1.807, 2.05) is 0 Å². The first-order valence-corrected chi connectivity index (χ1v) is 6.69. The van der Waals surface area contributed by atoms with Gasteiger partial charge >= 0.3 is 5.97 Å². The van der Waals surface area contributed by atoms with Crippen LogP contribution in [0, 0.1) is 0 Å². The number of carboxylic acids is 1. The number of carboxylic acid groups (broad SMARTS) is 1. The Kier molecular flexibility index (Phi) is 4.21. The highest BCUT2D eigenvalue weighted by molar-refractivity contribution is 5.88. The number of aromatic nitrogens is 2. The smallest absolute Gasteiger partial charge is 0.339 e. The maximum absolute atomic E-state index is 11.1. The molecule has 2 heterocycles. The lowest BCUT2D eigenvalue weighted by Crippen LogP contribution is -2.48. The van der Waals surface area contributed by atoms with Gasteiger partial charge in [0.2, 0.25) is 0 Å². The number of hydrogen-bond acceptors (Lipinski definition) is 4. The van der Waals surface area contributed by atoms with Crippen LogP contribution in [0.1, 0.15) is 29.9 Å². The van der Waals surface area contributed by atoms with Crippen LogP contribution in [0.15, 0.2) is 6.20 Å².